The molecular weight excluding hydrogens is 292 g/mol. The van der Waals surface area contributed by atoms with Gasteiger partial charge in [-0.1, -0.05) is 22.0 Å². The second-order valence-corrected chi connectivity index (χ2v) is 6.01. The zero-order chi connectivity index (χ0) is 13.0. The van der Waals surface area contributed by atoms with E-state index in [0.29, 0.717) is 12.5 Å². The molecule has 1 unspecified atom stereocenters. The number of aliphatic hydroxyl groups is 1. The molecule has 1 saturated heterocycles. The van der Waals surface area contributed by atoms with Crippen LogP contribution in [0, 0.1) is 5.92 Å². The number of hydrogen-bond donors (Lipinski definition) is 2. The zero-order valence-corrected chi connectivity index (χ0v) is 12.2. The lowest BCUT2D eigenvalue weighted by Crippen LogP contribution is -2.35. The molecule has 4 heteroatoms. The molecule has 100 valence electrons. The number of nitrogen functional groups attached to an aromatic ring is 1. The molecule has 1 fully saturated rings. The molecule has 1 aliphatic heterocycles. The molecule has 3 N–H and O–H groups in total. The van der Waals surface area contributed by atoms with E-state index in [0.717, 1.165) is 36.2 Å². The number of nitrogens with two attached hydrogens (primary N) is 1. The van der Waals surface area contributed by atoms with Crippen molar-refractivity contribution in [3.05, 3.63) is 28.2 Å². The number of benzene rings is 1. The first-order chi connectivity index (χ1) is 8.69. The number of hydrogen-bond acceptors (Lipinski definition) is 3. The fourth-order valence-corrected chi connectivity index (χ4v) is 3.04. The maximum Gasteiger partial charge on any atom is 0.0434 e. The Morgan fingerprint density at radius 1 is 1.44 bits per heavy atom. The van der Waals surface area contributed by atoms with Gasteiger partial charge in [-0.05, 0) is 49.4 Å². The van der Waals surface area contributed by atoms with Crippen molar-refractivity contribution in [1.29, 1.82) is 0 Å². The summed E-state index contributed by atoms with van der Waals surface area (Å²) in [6, 6.07) is 6.10. The second kappa shape index (κ2) is 6.55. The first-order valence-corrected chi connectivity index (χ1v) is 7.35. The third-order valence-corrected chi connectivity index (χ3v) is 4.14. The fourth-order valence-electron chi connectivity index (χ4n) is 2.66. The molecule has 1 atom stereocenters. The van der Waals surface area contributed by atoms with E-state index in [1.54, 1.807) is 0 Å². The summed E-state index contributed by atoms with van der Waals surface area (Å²) < 4.78 is 1.03. The molecule has 2 rings (SSSR count). The van der Waals surface area contributed by atoms with Crippen LogP contribution in [0.1, 0.15) is 24.8 Å². The van der Waals surface area contributed by atoms with E-state index in [1.807, 2.05) is 12.1 Å². The van der Waals surface area contributed by atoms with Crippen molar-refractivity contribution in [3.8, 4) is 0 Å². The standard InChI is InChI=1S/C14H21BrN2O/c15-13-4-3-12(14(16)8-13)10-17-6-1-2-11(9-17)5-7-18/h3-4,8,11,18H,1-2,5-7,9-10,16H2. The van der Waals surface area contributed by atoms with Gasteiger partial charge >= 0.3 is 0 Å². The van der Waals surface area contributed by atoms with Crippen LogP contribution in [0.4, 0.5) is 5.69 Å². The predicted octanol–water partition coefficient (Wildman–Crippen LogP) is 2.63. The van der Waals surface area contributed by atoms with E-state index in [2.05, 4.69) is 26.9 Å². The van der Waals surface area contributed by atoms with Crippen molar-refractivity contribution in [2.45, 2.75) is 25.8 Å². The largest absolute Gasteiger partial charge is 0.398 e. The van der Waals surface area contributed by atoms with Gasteiger partial charge in [0.15, 0.2) is 0 Å². The van der Waals surface area contributed by atoms with Gasteiger partial charge in [-0.2, -0.15) is 0 Å². The highest BCUT2D eigenvalue weighted by molar-refractivity contribution is 9.10. The van der Waals surface area contributed by atoms with Crippen LogP contribution < -0.4 is 5.73 Å². The Morgan fingerprint density at radius 3 is 3.00 bits per heavy atom. The first kappa shape index (κ1) is 13.8. The monoisotopic (exact) mass is 312 g/mol. The molecule has 3 nitrogen and oxygen atoms in total. The summed E-state index contributed by atoms with van der Waals surface area (Å²) in [5, 5.41) is 9.03. The van der Waals surface area contributed by atoms with E-state index in [4.69, 9.17) is 10.8 Å². The number of nitrogens with zero attached hydrogens (tertiary/aromatic N) is 1. The van der Waals surface area contributed by atoms with E-state index in [9.17, 15) is 0 Å². The highest BCUT2D eigenvalue weighted by atomic mass is 79.9. The average Bonchev–Trinajstić information content (AvgIpc) is 2.34. The molecule has 0 amide bonds. The van der Waals surface area contributed by atoms with Gasteiger partial charge in [0.1, 0.15) is 0 Å². The molecule has 0 bridgehead atoms. The van der Waals surface area contributed by atoms with Crippen LogP contribution in [-0.4, -0.2) is 29.7 Å². The van der Waals surface area contributed by atoms with Crippen LogP contribution >= 0.6 is 15.9 Å². The van der Waals surface area contributed by atoms with Crippen molar-refractivity contribution in [2.24, 2.45) is 5.92 Å². The number of piperidine rings is 1. The summed E-state index contributed by atoms with van der Waals surface area (Å²) in [6.45, 7) is 3.44. The molecule has 0 spiro atoms. The maximum absolute atomic E-state index is 9.03. The number of aliphatic hydroxyl groups excluding tert-OH is 1. The molecule has 1 heterocycles. The van der Waals surface area contributed by atoms with Gasteiger partial charge in [-0.25, -0.2) is 0 Å². The van der Waals surface area contributed by atoms with Gasteiger partial charge in [0.2, 0.25) is 0 Å². The molecule has 0 radical (unpaired) electrons. The van der Waals surface area contributed by atoms with Crippen LogP contribution in [0.3, 0.4) is 0 Å². The Kier molecular flexibility index (Phi) is 5.03. The molecule has 1 aliphatic rings. The third-order valence-electron chi connectivity index (χ3n) is 3.64. The predicted molar refractivity (Wildman–Crippen MR) is 78.3 cm³/mol. The van der Waals surface area contributed by atoms with Crippen LogP contribution in [0.5, 0.6) is 0 Å². The van der Waals surface area contributed by atoms with Crippen molar-refractivity contribution < 1.29 is 5.11 Å². The highest BCUT2D eigenvalue weighted by Gasteiger charge is 2.19. The molecular formula is C14H21BrN2O. The minimum Gasteiger partial charge on any atom is -0.398 e. The summed E-state index contributed by atoms with van der Waals surface area (Å²) in [6.07, 6.45) is 3.39. The Hall–Kier alpha value is -0.580. The van der Waals surface area contributed by atoms with Crippen molar-refractivity contribution in [2.75, 3.05) is 25.4 Å². The summed E-state index contributed by atoms with van der Waals surface area (Å²) in [5.41, 5.74) is 8.09. The SMILES string of the molecule is Nc1cc(Br)ccc1CN1CCCC(CCO)C1. The number of likely N-dealkylation sites (tertiary alicyclic amines) is 1. The van der Waals surface area contributed by atoms with E-state index in [1.165, 1.54) is 18.4 Å². The number of anilines is 1. The normalized spacial score (nSPS) is 21.1. The lowest BCUT2D eigenvalue weighted by Gasteiger charge is -2.32. The second-order valence-electron chi connectivity index (χ2n) is 5.10. The topological polar surface area (TPSA) is 49.5 Å². The molecule has 18 heavy (non-hydrogen) atoms. The van der Waals surface area contributed by atoms with E-state index in [-0.39, 0.29) is 0 Å². The molecule has 0 aromatic heterocycles. The summed E-state index contributed by atoms with van der Waals surface area (Å²) in [7, 11) is 0. The summed E-state index contributed by atoms with van der Waals surface area (Å²) in [5.74, 6) is 0.639. The van der Waals surface area contributed by atoms with E-state index >= 15 is 0 Å². The lowest BCUT2D eigenvalue weighted by atomic mass is 9.95. The van der Waals surface area contributed by atoms with Gasteiger partial charge < -0.3 is 10.8 Å². The minimum absolute atomic E-state index is 0.304. The van der Waals surface area contributed by atoms with Gasteiger partial charge in [0, 0.05) is 29.9 Å². The Bertz CT molecular complexity index is 395. The fraction of sp³-hybridized carbons (Fsp3) is 0.571. The quantitative estimate of drug-likeness (QED) is 0.840. The first-order valence-electron chi connectivity index (χ1n) is 6.56. The van der Waals surface area contributed by atoms with Crippen LogP contribution in [0.25, 0.3) is 0 Å². The minimum atomic E-state index is 0.304. The Morgan fingerprint density at radius 2 is 2.28 bits per heavy atom. The Balaban J connectivity index is 1.96. The van der Waals surface area contributed by atoms with Crippen LogP contribution in [0.2, 0.25) is 0 Å². The van der Waals surface area contributed by atoms with Crippen molar-refractivity contribution >= 4 is 21.6 Å². The van der Waals surface area contributed by atoms with Crippen LogP contribution in [0.15, 0.2) is 22.7 Å². The van der Waals surface area contributed by atoms with Gasteiger partial charge in [-0.3, -0.25) is 4.90 Å². The van der Waals surface area contributed by atoms with Crippen LogP contribution in [-0.2, 0) is 6.54 Å². The third kappa shape index (κ3) is 3.70. The molecule has 1 aromatic carbocycles. The van der Waals surface area contributed by atoms with Gasteiger partial charge in [0.05, 0.1) is 0 Å². The highest BCUT2D eigenvalue weighted by Crippen LogP contribution is 2.24. The zero-order valence-electron chi connectivity index (χ0n) is 10.6. The summed E-state index contributed by atoms with van der Waals surface area (Å²) >= 11 is 3.43. The lowest BCUT2D eigenvalue weighted by molar-refractivity contribution is 0.142. The molecule has 0 saturated carbocycles. The average molecular weight is 313 g/mol. The molecule has 1 aromatic rings. The Labute approximate surface area is 117 Å². The smallest absolute Gasteiger partial charge is 0.0434 e. The van der Waals surface area contributed by atoms with Gasteiger partial charge in [0.25, 0.3) is 0 Å². The summed E-state index contributed by atoms with van der Waals surface area (Å²) in [4.78, 5) is 2.45. The van der Waals surface area contributed by atoms with Crippen molar-refractivity contribution in [1.82, 2.24) is 4.90 Å². The maximum atomic E-state index is 9.03. The number of rotatable bonds is 4. The molecule has 0 aliphatic carbocycles. The number of halogens is 1. The van der Waals surface area contributed by atoms with Gasteiger partial charge in [-0.15, -0.1) is 0 Å². The van der Waals surface area contributed by atoms with E-state index < -0.39 is 0 Å². The van der Waals surface area contributed by atoms with Crippen molar-refractivity contribution in [3.63, 3.8) is 0 Å².